The molecule has 2 heterocycles. The first-order valence-corrected chi connectivity index (χ1v) is 8.52. The van der Waals surface area contributed by atoms with Crippen LogP contribution in [0.15, 0.2) is 42.7 Å². The summed E-state index contributed by atoms with van der Waals surface area (Å²) in [4.78, 5) is 30.8. The van der Waals surface area contributed by atoms with Gasteiger partial charge in [0.2, 0.25) is 5.91 Å². The van der Waals surface area contributed by atoms with Crippen LogP contribution < -0.4 is 15.8 Å². The molecule has 0 spiro atoms. The van der Waals surface area contributed by atoms with Crippen LogP contribution >= 0.6 is 0 Å². The van der Waals surface area contributed by atoms with Crippen LogP contribution in [-0.4, -0.2) is 41.9 Å². The van der Waals surface area contributed by atoms with Crippen molar-refractivity contribution < 1.29 is 14.3 Å². The standard InChI is InChI=1S/C19H22N4O3/c1-26-17-5-4-15(11-16(17)20)22-18(24)14-3-2-10-23(12-14)19(25)13-6-8-21-9-7-13/h4-9,11,14H,2-3,10,12,20H2,1H3,(H,22,24). The molecule has 1 atom stereocenters. The number of ether oxygens (including phenoxy) is 1. The lowest BCUT2D eigenvalue weighted by atomic mass is 9.96. The predicted octanol–water partition coefficient (Wildman–Crippen LogP) is 2.16. The number of nitrogen functional groups attached to an aromatic ring is 1. The molecule has 0 aliphatic carbocycles. The molecule has 0 bridgehead atoms. The van der Waals surface area contributed by atoms with E-state index in [0.29, 0.717) is 35.8 Å². The summed E-state index contributed by atoms with van der Waals surface area (Å²) in [6, 6.07) is 8.50. The minimum absolute atomic E-state index is 0.0707. The Morgan fingerprint density at radius 3 is 2.73 bits per heavy atom. The number of hydrogen-bond acceptors (Lipinski definition) is 5. The zero-order valence-electron chi connectivity index (χ0n) is 14.6. The van der Waals surface area contributed by atoms with E-state index in [0.717, 1.165) is 12.8 Å². The Hall–Kier alpha value is -3.09. The minimum atomic E-state index is -0.252. The number of amides is 2. The van der Waals surface area contributed by atoms with Crippen molar-refractivity contribution in [3.05, 3.63) is 48.3 Å². The zero-order chi connectivity index (χ0) is 18.5. The molecule has 1 aromatic heterocycles. The molecule has 136 valence electrons. The first-order chi connectivity index (χ1) is 12.6. The second-order valence-electron chi connectivity index (χ2n) is 6.27. The van der Waals surface area contributed by atoms with Gasteiger partial charge in [0.25, 0.3) is 5.91 Å². The van der Waals surface area contributed by atoms with Gasteiger partial charge >= 0.3 is 0 Å². The number of pyridine rings is 1. The van der Waals surface area contributed by atoms with Crippen LogP contribution in [0.4, 0.5) is 11.4 Å². The van der Waals surface area contributed by atoms with E-state index in [9.17, 15) is 9.59 Å². The maximum atomic E-state index is 12.6. The number of nitrogens with zero attached hydrogens (tertiary/aromatic N) is 2. The van der Waals surface area contributed by atoms with E-state index in [2.05, 4.69) is 10.3 Å². The number of nitrogens with one attached hydrogen (secondary N) is 1. The van der Waals surface area contributed by atoms with Crippen molar-refractivity contribution in [1.82, 2.24) is 9.88 Å². The van der Waals surface area contributed by atoms with E-state index in [1.54, 1.807) is 54.7 Å². The number of anilines is 2. The molecule has 0 radical (unpaired) electrons. The number of likely N-dealkylation sites (tertiary alicyclic amines) is 1. The van der Waals surface area contributed by atoms with Gasteiger partial charge in [0.1, 0.15) is 5.75 Å². The van der Waals surface area contributed by atoms with E-state index in [-0.39, 0.29) is 17.7 Å². The quantitative estimate of drug-likeness (QED) is 0.820. The SMILES string of the molecule is COc1ccc(NC(=O)C2CCCN(C(=O)c3ccncc3)C2)cc1N. The van der Waals surface area contributed by atoms with Gasteiger partial charge in [-0.25, -0.2) is 0 Å². The lowest BCUT2D eigenvalue weighted by Gasteiger charge is -2.32. The lowest BCUT2D eigenvalue weighted by Crippen LogP contribution is -2.43. The van der Waals surface area contributed by atoms with Crippen molar-refractivity contribution >= 4 is 23.2 Å². The van der Waals surface area contributed by atoms with Crippen LogP contribution in [-0.2, 0) is 4.79 Å². The summed E-state index contributed by atoms with van der Waals surface area (Å²) in [5.74, 6) is 0.132. The minimum Gasteiger partial charge on any atom is -0.495 e. The topological polar surface area (TPSA) is 97.5 Å². The van der Waals surface area contributed by atoms with Crippen LogP contribution in [0.1, 0.15) is 23.2 Å². The fraction of sp³-hybridized carbons (Fsp3) is 0.316. The smallest absolute Gasteiger partial charge is 0.253 e. The number of piperidine rings is 1. The summed E-state index contributed by atoms with van der Waals surface area (Å²) in [6.07, 6.45) is 4.72. The van der Waals surface area contributed by atoms with Crippen LogP contribution in [0.5, 0.6) is 5.75 Å². The Morgan fingerprint density at radius 2 is 2.04 bits per heavy atom. The average molecular weight is 354 g/mol. The normalized spacial score (nSPS) is 16.8. The first-order valence-electron chi connectivity index (χ1n) is 8.52. The summed E-state index contributed by atoms with van der Waals surface area (Å²) in [6.45, 7) is 1.05. The Kier molecular flexibility index (Phi) is 5.36. The molecular formula is C19H22N4O3. The fourth-order valence-electron chi connectivity index (χ4n) is 3.11. The molecule has 1 aliphatic heterocycles. The molecule has 0 saturated carbocycles. The molecule has 1 unspecified atom stereocenters. The highest BCUT2D eigenvalue weighted by Crippen LogP contribution is 2.26. The maximum Gasteiger partial charge on any atom is 0.253 e. The monoisotopic (exact) mass is 354 g/mol. The van der Waals surface area contributed by atoms with Crippen LogP contribution in [0, 0.1) is 5.92 Å². The van der Waals surface area contributed by atoms with E-state index < -0.39 is 0 Å². The first kappa shape index (κ1) is 17.7. The van der Waals surface area contributed by atoms with Gasteiger partial charge in [-0.05, 0) is 43.2 Å². The summed E-state index contributed by atoms with van der Waals surface area (Å²) in [7, 11) is 1.54. The second-order valence-corrected chi connectivity index (χ2v) is 6.27. The Balaban J connectivity index is 1.64. The Labute approximate surface area is 152 Å². The van der Waals surface area contributed by atoms with Crippen LogP contribution in [0.25, 0.3) is 0 Å². The molecule has 26 heavy (non-hydrogen) atoms. The number of nitrogens with two attached hydrogens (primary N) is 1. The summed E-state index contributed by atoms with van der Waals surface area (Å²) in [5.41, 5.74) is 7.54. The third kappa shape index (κ3) is 3.93. The molecule has 1 aliphatic rings. The molecule has 2 amide bonds. The van der Waals surface area contributed by atoms with Gasteiger partial charge in [0.05, 0.1) is 18.7 Å². The van der Waals surface area contributed by atoms with E-state index in [1.165, 1.54) is 0 Å². The predicted molar refractivity (Wildman–Crippen MR) is 98.9 cm³/mol. The van der Waals surface area contributed by atoms with Crippen molar-refractivity contribution in [2.45, 2.75) is 12.8 Å². The Bertz CT molecular complexity index is 795. The summed E-state index contributed by atoms with van der Waals surface area (Å²) in [5, 5.41) is 2.88. The number of hydrogen-bond donors (Lipinski definition) is 2. The number of carbonyl (C=O) groups is 2. The molecule has 3 N–H and O–H groups in total. The van der Waals surface area contributed by atoms with E-state index in [1.807, 2.05) is 0 Å². The zero-order valence-corrected chi connectivity index (χ0v) is 14.6. The Morgan fingerprint density at radius 1 is 1.27 bits per heavy atom. The van der Waals surface area contributed by atoms with E-state index in [4.69, 9.17) is 10.5 Å². The number of carbonyl (C=O) groups excluding carboxylic acids is 2. The molecule has 7 heteroatoms. The second kappa shape index (κ2) is 7.86. The third-order valence-corrected chi connectivity index (χ3v) is 4.50. The highest BCUT2D eigenvalue weighted by Gasteiger charge is 2.29. The molecule has 1 saturated heterocycles. The number of benzene rings is 1. The van der Waals surface area contributed by atoms with Gasteiger partial charge in [0, 0.05) is 36.7 Å². The largest absolute Gasteiger partial charge is 0.495 e. The number of aromatic nitrogens is 1. The van der Waals surface area contributed by atoms with Gasteiger partial charge in [-0.1, -0.05) is 0 Å². The highest BCUT2D eigenvalue weighted by molar-refractivity contribution is 5.96. The van der Waals surface area contributed by atoms with Crippen LogP contribution in [0.2, 0.25) is 0 Å². The van der Waals surface area contributed by atoms with E-state index >= 15 is 0 Å². The van der Waals surface area contributed by atoms with Gasteiger partial charge in [0.15, 0.2) is 0 Å². The summed E-state index contributed by atoms with van der Waals surface area (Å²) < 4.78 is 5.12. The molecule has 1 fully saturated rings. The fourth-order valence-corrected chi connectivity index (χ4v) is 3.11. The molecule has 3 rings (SSSR count). The van der Waals surface area contributed by atoms with Crippen molar-refractivity contribution in [3.8, 4) is 5.75 Å². The van der Waals surface area contributed by atoms with Gasteiger partial charge in [-0.15, -0.1) is 0 Å². The van der Waals surface area contributed by atoms with Gasteiger partial charge in [-0.2, -0.15) is 0 Å². The maximum absolute atomic E-state index is 12.6. The highest BCUT2D eigenvalue weighted by atomic mass is 16.5. The molecule has 7 nitrogen and oxygen atoms in total. The third-order valence-electron chi connectivity index (χ3n) is 4.50. The van der Waals surface area contributed by atoms with Gasteiger partial charge in [-0.3, -0.25) is 14.6 Å². The van der Waals surface area contributed by atoms with Crippen molar-refractivity contribution in [2.24, 2.45) is 5.92 Å². The number of rotatable bonds is 4. The average Bonchev–Trinajstić information content (AvgIpc) is 2.68. The van der Waals surface area contributed by atoms with Crippen LogP contribution in [0.3, 0.4) is 0 Å². The number of methoxy groups -OCH3 is 1. The van der Waals surface area contributed by atoms with Crippen molar-refractivity contribution in [3.63, 3.8) is 0 Å². The van der Waals surface area contributed by atoms with Gasteiger partial charge < -0.3 is 20.7 Å². The molecular weight excluding hydrogens is 332 g/mol. The van der Waals surface area contributed by atoms with Crippen molar-refractivity contribution in [1.29, 1.82) is 0 Å². The summed E-state index contributed by atoms with van der Waals surface area (Å²) >= 11 is 0. The molecule has 2 aromatic rings. The van der Waals surface area contributed by atoms with Crippen molar-refractivity contribution in [2.75, 3.05) is 31.2 Å². The lowest BCUT2D eigenvalue weighted by molar-refractivity contribution is -0.121. The molecule has 1 aromatic carbocycles.